The third kappa shape index (κ3) is 3.32. The number of hydrogen-bond acceptors (Lipinski definition) is 2. The third-order valence-corrected chi connectivity index (χ3v) is 3.89. The van der Waals surface area contributed by atoms with Crippen LogP contribution in [0.4, 0.5) is 11.4 Å². The second-order valence-electron chi connectivity index (χ2n) is 5.26. The van der Waals surface area contributed by atoms with Crippen molar-refractivity contribution in [2.24, 2.45) is 0 Å². The monoisotopic (exact) mass is 268 g/mol. The zero-order valence-corrected chi connectivity index (χ0v) is 12.4. The van der Waals surface area contributed by atoms with Gasteiger partial charge in [-0.3, -0.25) is 0 Å². The van der Waals surface area contributed by atoms with Gasteiger partial charge in [0.25, 0.3) is 0 Å². The lowest BCUT2D eigenvalue weighted by Gasteiger charge is -2.12. The Morgan fingerprint density at radius 3 is 1.40 bits per heavy atom. The van der Waals surface area contributed by atoms with Crippen LogP contribution in [0, 0.1) is 0 Å². The van der Waals surface area contributed by atoms with Crippen molar-refractivity contribution in [2.75, 3.05) is 11.5 Å². The fourth-order valence-electron chi connectivity index (χ4n) is 2.71. The summed E-state index contributed by atoms with van der Waals surface area (Å²) in [5.41, 5.74) is 19.0. The molecule has 0 aromatic heterocycles. The van der Waals surface area contributed by atoms with E-state index < -0.39 is 0 Å². The van der Waals surface area contributed by atoms with E-state index in [0.717, 1.165) is 37.1 Å². The maximum absolute atomic E-state index is 5.86. The van der Waals surface area contributed by atoms with Crippen molar-refractivity contribution in [3.63, 3.8) is 0 Å². The molecule has 0 unspecified atom stereocenters. The van der Waals surface area contributed by atoms with Gasteiger partial charge < -0.3 is 11.5 Å². The molecule has 2 aromatic rings. The SMILES string of the molecule is CCc1cc(N)ccc1CCc1ccc(N)cc1CC. The first-order valence-corrected chi connectivity index (χ1v) is 7.38. The normalized spacial score (nSPS) is 10.7. The van der Waals surface area contributed by atoms with Crippen LogP contribution >= 0.6 is 0 Å². The van der Waals surface area contributed by atoms with Crippen molar-refractivity contribution >= 4 is 11.4 Å². The number of rotatable bonds is 5. The van der Waals surface area contributed by atoms with Gasteiger partial charge >= 0.3 is 0 Å². The lowest BCUT2D eigenvalue weighted by molar-refractivity contribution is 0.911. The van der Waals surface area contributed by atoms with Crippen molar-refractivity contribution in [3.8, 4) is 0 Å². The second kappa shape index (κ2) is 6.47. The highest BCUT2D eigenvalue weighted by molar-refractivity contribution is 5.47. The van der Waals surface area contributed by atoms with E-state index in [9.17, 15) is 0 Å². The van der Waals surface area contributed by atoms with Gasteiger partial charge in [0.05, 0.1) is 0 Å². The minimum Gasteiger partial charge on any atom is -0.399 e. The Morgan fingerprint density at radius 2 is 1.05 bits per heavy atom. The van der Waals surface area contributed by atoms with Crippen molar-refractivity contribution in [1.29, 1.82) is 0 Å². The molecule has 2 aromatic carbocycles. The number of aryl methyl sites for hydroxylation is 4. The maximum Gasteiger partial charge on any atom is 0.0316 e. The van der Waals surface area contributed by atoms with Crippen molar-refractivity contribution in [3.05, 3.63) is 58.7 Å². The van der Waals surface area contributed by atoms with Crippen LogP contribution in [0.5, 0.6) is 0 Å². The van der Waals surface area contributed by atoms with E-state index in [2.05, 4.69) is 38.1 Å². The molecular formula is C18H24N2. The number of benzene rings is 2. The molecule has 2 heteroatoms. The van der Waals surface area contributed by atoms with E-state index in [0.29, 0.717) is 0 Å². The average Bonchev–Trinajstić information content (AvgIpc) is 2.46. The zero-order valence-electron chi connectivity index (χ0n) is 12.4. The minimum atomic E-state index is 0.854. The molecule has 2 nitrogen and oxygen atoms in total. The first-order chi connectivity index (χ1) is 9.63. The molecule has 0 aliphatic carbocycles. The molecule has 0 heterocycles. The fraction of sp³-hybridized carbons (Fsp3) is 0.333. The van der Waals surface area contributed by atoms with Crippen molar-refractivity contribution in [1.82, 2.24) is 0 Å². The van der Waals surface area contributed by atoms with Gasteiger partial charge in [-0.1, -0.05) is 26.0 Å². The summed E-state index contributed by atoms with van der Waals surface area (Å²) in [6.45, 7) is 4.36. The summed E-state index contributed by atoms with van der Waals surface area (Å²) in [7, 11) is 0. The Bertz CT molecular complexity index is 534. The van der Waals surface area contributed by atoms with Crippen LogP contribution in [0.1, 0.15) is 36.1 Å². The average molecular weight is 268 g/mol. The molecule has 0 aliphatic rings. The zero-order chi connectivity index (χ0) is 14.5. The number of nitrogen functional groups attached to an aromatic ring is 2. The number of nitrogens with two attached hydrogens (primary N) is 2. The molecule has 0 saturated carbocycles. The fourth-order valence-corrected chi connectivity index (χ4v) is 2.71. The van der Waals surface area contributed by atoms with E-state index in [1.165, 1.54) is 22.3 Å². The molecule has 0 atom stereocenters. The van der Waals surface area contributed by atoms with Crippen LogP contribution in [0.3, 0.4) is 0 Å². The van der Waals surface area contributed by atoms with Crippen LogP contribution < -0.4 is 11.5 Å². The van der Waals surface area contributed by atoms with E-state index in [4.69, 9.17) is 11.5 Å². The van der Waals surface area contributed by atoms with Gasteiger partial charge in [0, 0.05) is 11.4 Å². The standard InChI is InChI=1S/C18H24N2/c1-3-13-11-17(19)9-7-15(13)5-6-16-8-10-18(20)12-14(16)4-2/h7-12H,3-6,19-20H2,1-2H3. The van der Waals surface area contributed by atoms with E-state index >= 15 is 0 Å². The summed E-state index contributed by atoms with van der Waals surface area (Å²) in [6, 6.07) is 12.5. The van der Waals surface area contributed by atoms with Gasteiger partial charge in [0.2, 0.25) is 0 Å². The predicted octanol–water partition coefficient (Wildman–Crippen LogP) is 3.76. The maximum atomic E-state index is 5.86. The highest BCUT2D eigenvalue weighted by Gasteiger charge is 2.05. The van der Waals surface area contributed by atoms with Gasteiger partial charge in [-0.15, -0.1) is 0 Å². The van der Waals surface area contributed by atoms with Crippen molar-refractivity contribution < 1.29 is 0 Å². The smallest absolute Gasteiger partial charge is 0.0316 e. The number of hydrogen-bond donors (Lipinski definition) is 2. The largest absolute Gasteiger partial charge is 0.399 e. The summed E-state index contributed by atoms with van der Waals surface area (Å²) in [4.78, 5) is 0. The molecule has 0 spiro atoms. The second-order valence-corrected chi connectivity index (χ2v) is 5.26. The summed E-state index contributed by atoms with van der Waals surface area (Å²) < 4.78 is 0. The molecule has 20 heavy (non-hydrogen) atoms. The van der Waals surface area contributed by atoms with Crippen LogP contribution in [0.15, 0.2) is 36.4 Å². The molecule has 0 radical (unpaired) electrons. The van der Waals surface area contributed by atoms with Gasteiger partial charge in [-0.05, 0) is 72.2 Å². The lowest BCUT2D eigenvalue weighted by atomic mass is 9.95. The molecule has 0 fully saturated rings. The van der Waals surface area contributed by atoms with Gasteiger partial charge in [0.1, 0.15) is 0 Å². The molecule has 0 bridgehead atoms. The van der Waals surface area contributed by atoms with Crippen molar-refractivity contribution in [2.45, 2.75) is 39.5 Å². The summed E-state index contributed by atoms with van der Waals surface area (Å²) in [5.74, 6) is 0. The Labute approximate surface area is 121 Å². The lowest BCUT2D eigenvalue weighted by Crippen LogP contribution is -2.01. The molecule has 0 aliphatic heterocycles. The van der Waals surface area contributed by atoms with Crippen LogP contribution in [0.2, 0.25) is 0 Å². The van der Waals surface area contributed by atoms with Crippen LogP contribution in [-0.2, 0) is 25.7 Å². The van der Waals surface area contributed by atoms with Crippen LogP contribution in [0.25, 0.3) is 0 Å². The van der Waals surface area contributed by atoms with Gasteiger partial charge in [-0.25, -0.2) is 0 Å². The quantitative estimate of drug-likeness (QED) is 0.811. The van der Waals surface area contributed by atoms with E-state index in [1.54, 1.807) is 0 Å². The topological polar surface area (TPSA) is 52.0 Å². The highest BCUT2D eigenvalue weighted by atomic mass is 14.5. The summed E-state index contributed by atoms with van der Waals surface area (Å²) >= 11 is 0. The van der Waals surface area contributed by atoms with E-state index in [-0.39, 0.29) is 0 Å². The number of anilines is 2. The van der Waals surface area contributed by atoms with Gasteiger partial charge in [0.15, 0.2) is 0 Å². The molecular weight excluding hydrogens is 244 g/mol. The van der Waals surface area contributed by atoms with E-state index in [1.807, 2.05) is 12.1 Å². The Kier molecular flexibility index (Phi) is 4.67. The Balaban J connectivity index is 2.16. The van der Waals surface area contributed by atoms with Gasteiger partial charge in [-0.2, -0.15) is 0 Å². The molecule has 106 valence electrons. The predicted molar refractivity (Wildman–Crippen MR) is 87.9 cm³/mol. The summed E-state index contributed by atoms with van der Waals surface area (Å²) in [5, 5.41) is 0. The Morgan fingerprint density at radius 1 is 0.650 bits per heavy atom. The highest BCUT2D eigenvalue weighted by Crippen LogP contribution is 2.20. The first-order valence-electron chi connectivity index (χ1n) is 7.38. The van der Waals surface area contributed by atoms with Crippen LogP contribution in [-0.4, -0.2) is 0 Å². The third-order valence-electron chi connectivity index (χ3n) is 3.89. The Hall–Kier alpha value is -1.96. The summed E-state index contributed by atoms with van der Waals surface area (Å²) in [6.07, 6.45) is 4.17. The first kappa shape index (κ1) is 14.4. The molecule has 0 saturated heterocycles. The minimum absolute atomic E-state index is 0.854. The molecule has 4 N–H and O–H groups in total. The molecule has 0 amide bonds. The molecule has 2 rings (SSSR count).